The highest BCUT2D eigenvalue weighted by atomic mass is 32.2. The summed E-state index contributed by atoms with van der Waals surface area (Å²) in [6.45, 7) is 4.98. The van der Waals surface area contributed by atoms with E-state index in [9.17, 15) is 17.6 Å². The van der Waals surface area contributed by atoms with E-state index in [1.54, 1.807) is 29.2 Å². The average Bonchev–Trinajstić information content (AvgIpc) is 3.21. The number of carbonyl (C=O) groups is 1. The van der Waals surface area contributed by atoms with Gasteiger partial charge in [0, 0.05) is 31.2 Å². The number of amides is 1. The number of hydrogen-bond donors (Lipinski definition) is 0. The van der Waals surface area contributed by atoms with Gasteiger partial charge in [-0.25, -0.2) is 4.39 Å². The van der Waals surface area contributed by atoms with Crippen molar-refractivity contribution in [3.63, 3.8) is 0 Å². The number of para-hydroxylation sites is 1. The van der Waals surface area contributed by atoms with Crippen LogP contribution in [0.3, 0.4) is 0 Å². The SMILES string of the molecule is CC(C)C(=O)N(Cc1ccccc1OS(=O)(=O)c1ccc(F)cc1)C[C@@H]1CCCO1. The molecule has 6 nitrogen and oxygen atoms in total. The first-order chi connectivity index (χ1) is 14.3. The maximum absolute atomic E-state index is 13.1. The molecule has 0 aliphatic carbocycles. The summed E-state index contributed by atoms with van der Waals surface area (Å²) in [4.78, 5) is 14.3. The minimum Gasteiger partial charge on any atom is -0.379 e. The summed E-state index contributed by atoms with van der Waals surface area (Å²) in [6.07, 6.45) is 1.83. The molecular weight excluding hydrogens is 409 g/mol. The molecule has 1 amide bonds. The molecule has 1 aliphatic rings. The Hall–Kier alpha value is -2.45. The zero-order valence-electron chi connectivity index (χ0n) is 17.1. The minimum absolute atomic E-state index is 0.0243. The number of nitrogens with zero attached hydrogens (tertiary/aromatic N) is 1. The number of rotatable bonds is 8. The van der Waals surface area contributed by atoms with Crippen molar-refractivity contribution in [1.29, 1.82) is 0 Å². The van der Waals surface area contributed by atoms with Gasteiger partial charge < -0.3 is 13.8 Å². The van der Waals surface area contributed by atoms with Gasteiger partial charge >= 0.3 is 10.1 Å². The van der Waals surface area contributed by atoms with Crippen molar-refractivity contribution < 1.29 is 26.5 Å². The molecule has 162 valence electrons. The molecule has 0 bridgehead atoms. The molecule has 0 saturated carbocycles. The van der Waals surface area contributed by atoms with Crippen LogP contribution in [0.1, 0.15) is 32.3 Å². The van der Waals surface area contributed by atoms with Crippen molar-refractivity contribution in [3.8, 4) is 5.75 Å². The number of ether oxygens (including phenoxy) is 1. The molecule has 1 heterocycles. The number of hydrogen-bond acceptors (Lipinski definition) is 5. The minimum atomic E-state index is -4.14. The van der Waals surface area contributed by atoms with E-state index in [-0.39, 0.29) is 35.1 Å². The van der Waals surface area contributed by atoms with Crippen LogP contribution >= 0.6 is 0 Å². The highest BCUT2D eigenvalue weighted by Gasteiger charge is 2.26. The molecule has 1 fully saturated rings. The van der Waals surface area contributed by atoms with Crippen LogP contribution in [-0.4, -0.2) is 38.5 Å². The van der Waals surface area contributed by atoms with E-state index in [1.807, 2.05) is 13.8 Å². The van der Waals surface area contributed by atoms with Gasteiger partial charge in [-0.05, 0) is 43.2 Å². The second-order valence-electron chi connectivity index (χ2n) is 7.61. The van der Waals surface area contributed by atoms with Crippen molar-refractivity contribution in [3.05, 3.63) is 59.9 Å². The molecule has 2 aromatic rings. The summed E-state index contributed by atoms with van der Waals surface area (Å²) in [6, 6.07) is 11.1. The van der Waals surface area contributed by atoms with Crippen molar-refractivity contribution in [2.75, 3.05) is 13.2 Å². The van der Waals surface area contributed by atoms with Gasteiger partial charge in [0.05, 0.1) is 6.10 Å². The summed E-state index contributed by atoms with van der Waals surface area (Å²) in [5.41, 5.74) is 0.565. The van der Waals surface area contributed by atoms with Crippen molar-refractivity contribution in [2.45, 2.75) is 44.2 Å². The van der Waals surface area contributed by atoms with Crippen LogP contribution < -0.4 is 4.18 Å². The lowest BCUT2D eigenvalue weighted by Gasteiger charge is -2.28. The summed E-state index contributed by atoms with van der Waals surface area (Å²) >= 11 is 0. The zero-order valence-corrected chi connectivity index (χ0v) is 17.9. The Labute approximate surface area is 176 Å². The van der Waals surface area contributed by atoms with Crippen molar-refractivity contribution in [1.82, 2.24) is 4.90 Å². The fourth-order valence-corrected chi connectivity index (χ4v) is 4.29. The molecule has 0 aromatic heterocycles. The normalized spacial score (nSPS) is 16.6. The molecule has 2 aromatic carbocycles. The van der Waals surface area contributed by atoms with E-state index in [0.29, 0.717) is 18.7 Å². The smallest absolute Gasteiger partial charge is 0.339 e. The highest BCUT2D eigenvalue weighted by Crippen LogP contribution is 2.26. The molecule has 1 saturated heterocycles. The Morgan fingerprint density at radius 1 is 1.20 bits per heavy atom. The van der Waals surface area contributed by atoms with Gasteiger partial charge in [-0.1, -0.05) is 32.0 Å². The van der Waals surface area contributed by atoms with E-state index < -0.39 is 15.9 Å². The second-order valence-corrected chi connectivity index (χ2v) is 9.15. The monoisotopic (exact) mass is 435 g/mol. The first-order valence-corrected chi connectivity index (χ1v) is 11.4. The molecule has 0 N–H and O–H groups in total. The number of halogens is 1. The van der Waals surface area contributed by atoms with Crippen molar-refractivity contribution in [2.24, 2.45) is 5.92 Å². The maximum atomic E-state index is 13.1. The molecule has 0 radical (unpaired) electrons. The maximum Gasteiger partial charge on any atom is 0.339 e. The molecule has 0 unspecified atom stereocenters. The van der Waals surface area contributed by atoms with Crippen LogP contribution in [0.5, 0.6) is 5.75 Å². The van der Waals surface area contributed by atoms with Gasteiger partial charge in [0.1, 0.15) is 16.5 Å². The Morgan fingerprint density at radius 3 is 2.53 bits per heavy atom. The molecule has 0 spiro atoms. The Kier molecular flexibility index (Phi) is 7.10. The lowest BCUT2D eigenvalue weighted by atomic mass is 10.1. The zero-order chi connectivity index (χ0) is 21.7. The largest absolute Gasteiger partial charge is 0.379 e. The third-order valence-electron chi connectivity index (χ3n) is 4.89. The average molecular weight is 436 g/mol. The van der Waals surface area contributed by atoms with Crippen LogP contribution in [0.25, 0.3) is 0 Å². The van der Waals surface area contributed by atoms with E-state index in [4.69, 9.17) is 8.92 Å². The highest BCUT2D eigenvalue weighted by molar-refractivity contribution is 7.87. The van der Waals surface area contributed by atoms with Crippen LogP contribution in [0.4, 0.5) is 4.39 Å². The fraction of sp³-hybridized carbons (Fsp3) is 0.409. The van der Waals surface area contributed by atoms with Crippen LogP contribution in [-0.2, 0) is 26.2 Å². The van der Waals surface area contributed by atoms with E-state index in [2.05, 4.69) is 0 Å². The predicted octanol–water partition coefficient (Wildman–Crippen LogP) is 3.76. The van der Waals surface area contributed by atoms with Gasteiger partial charge in [0.2, 0.25) is 5.91 Å². The van der Waals surface area contributed by atoms with Gasteiger partial charge in [-0.3, -0.25) is 4.79 Å². The third-order valence-corrected chi connectivity index (χ3v) is 6.14. The summed E-state index contributed by atoms with van der Waals surface area (Å²) < 4.78 is 49.4. The molecule has 8 heteroatoms. The predicted molar refractivity (Wildman–Crippen MR) is 110 cm³/mol. The standard InChI is InChI=1S/C22H26FNO5S/c1-16(2)22(25)24(15-19-7-5-13-28-19)14-17-6-3-4-8-21(17)29-30(26,27)20-11-9-18(23)10-12-20/h3-4,6,8-12,16,19H,5,7,13-15H2,1-2H3/t19-/m0/s1. The summed E-state index contributed by atoms with van der Waals surface area (Å²) in [5, 5.41) is 0. The molecular formula is C22H26FNO5S. The Bertz CT molecular complexity index is 969. The van der Waals surface area contributed by atoms with Gasteiger partial charge in [0.15, 0.2) is 0 Å². The Balaban J connectivity index is 1.83. The molecule has 1 atom stereocenters. The second kappa shape index (κ2) is 9.57. The molecule has 30 heavy (non-hydrogen) atoms. The van der Waals surface area contributed by atoms with Crippen LogP contribution in [0, 0.1) is 11.7 Å². The third kappa shape index (κ3) is 5.58. The van der Waals surface area contributed by atoms with Crippen LogP contribution in [0.2, 0.25) is 0 Å². The molecule has 1 aliphatic heterocycles. The lowest BCUT2D eigenvalue weighted by Crippen LogP contribution is -2.39. The van der Waals surface area contributed by atoms with E-state index in [1.165, 1.54) is 0 Å². The first-order valence-electron chi connectivity index (χ1n) is 9.94. The summed E-state index contributed by atoms with van der Waals surface area (Å²) in [5.74, 6) is -0.647. The fourth-order valence-electron chi connectivity index (χ4n) is 3.32. The molecule has 3 rings (SSSR count). The number of benzene rings is 2. The van der Waals surface area contributed by atoms with Gasteiger partial charge in [-0.15, -0.1) is 0 Å². The first kappa shape index (κ1) is 22.2. The lowest BCUT2D eigenvalue weighted by molar-refractivity contribution is -0.136. The van der Waals surface area contributed by atoms with E-state index >= 15 is 0 Å². The topological polar surface area (TPSA) is 72.9 Å². The van der Waals surface area contributed by atoms with Gasteiger partial charge in [0.25, 0.3) is 0 Å². The van der Waals surface area contributed by atoms with Crippen LogP contribution in [0.15, 0.2) is 53.4 Å². The Morgan fingerprint density at radius 2 is 1.90 bits per heavy atom. The summed E-state index contributed by atoms with van der Waals surface area (Å²) in [7, 11) is -4.14. The van der Waals surface area contributed by atoms with E-state index in [0.717, 1.165) is 37.1 Å². The quantitative estimate of drug-likeness (QED) is 0.591. The number of carbonyl (C=O) groups excluding carboxylic acids is 1. The van der Waals surface area contributed by atoms with Gasteiger partial charge in [-0.2, -0.15) is 8.42 Å². The van der Waals surface area contributed by atoms with Crippen molar-refractivity contribution >= 4 is 16.0 Å².